The highest BCUT2D eigenvalue weighted by atomic mass is 16.7. The number of rotatable bonds is 5. The standard InChI is InChI=1S/C22H25N3O4/c1-15-5-2-3-6-17(15)13-24(21(26)18-7-4-10-25(18)22(23)27)12-16-8-9-19-20(11-16)29-14-28-19/h2-3,5-6,8-9,11,18H,4,7,10,12-14H2,1H3,(H2,23,27)/t18-/m0/s1. The van der Waals surface area contributed by atoms with E-state index < -0.39 is 12.1 Å². The third-order valence-electron chi connectivity index (χ3n) is 5.57. The number of carbonyl (C=O) groups excluding carboxylic acids is 2. The number of nitrogens with zero attached hydrogens (tertiary/aromatic N) is 2. The lowest BCUT2D eigenvalue weighted by Gasteiger charge is -2.30. The van der Waals surface area contributed by atoms with E-state index in [1.807, 2.05) is 49.4 Å². The summed E-state index contributed by atoms with van der Waals surface area (Å²) in [6.07, 6.45) is 1.41. The second kappa shape index (κ2) is 8.03. The summed E-state index contributed by atoms with van der Waals surface area (Å²) in [6, 6.07) is 12.7. The van der Waals surface area contributed by atoms with Crippen LogP contribution in [0.4, 0.5) is 4.79 Å². The monoisotopic (exact) mass is 395 g/mol. The van der Waals surface area contributed by atoms with Gasteiger partial charge in [-0.3, -0.25) is 4.79 Å². The van der Waals surface area contributed by atoms with Gasteiger partial charge in [-0.1, -0.05) is 30.3 Å². The zero-order chi connectivity index (χ0) is 20.4. The van der Waals surface area contributed by atoms with Crippen LogP contribution in [0.3, 0.4) is 0 Å². The Morgan fingerprint density at radius 1 is 1.14 bits per heavy atom. The van der Waals surface area contributed by atoms with Crippen molar-refractivity contribution in [3.8, 4) is 11.5 Å². The average molecular weight is 395 g/mol. The van der Waals surface area contributed by atoms with Crippen LogP contribution >= 0.6 is 0 Å². The second-order valence-electron chi connectivity index (χ2n) is 7.50. The van der Waals surface area contributed by atoms with E-state index in [2.05, 4.69) is 0 Å². The van der Waals surface area contributed by atoms with Crippen molar-refractivity contribution in [1.82, 2.24) is 9.80 Å². The van der Waals surface area contributed by atoms with Crippen molar-refractivity contribution in [3.05, 3.63) is 59.2 Å². The lowest BCUT2D eigenvalue weighted by molar-refractivity contribution is -0.136. The molecule has 7 heteroatoms. The second-order valence-corrected chi connectivity index (χ2v) is 7.50. The number of urea groups is 1. The van der Waals surface area contributed by atoms with Gasteiger partial charge in [0.05, 0.1) is 0 Å². The van der Waals surface area contributed by atoms with E-state index in [4.69, 9.17) is 15.2 Å². The van der Waals surface area contributed by atoms with E-state index in [-0.39, 0.29) is 12.7 Å². The molecule has 0 aliphatic carbocycles. The van der Waals surface area contributed by atoms with Crippen molar-refractivity contribution in [2.45, 2.75) is 38.9 Å². The van der Waals surface area contributed by atoms with Crippen molar-refractivity contribution in [2.75, 3.05) is 13.3 Å². The molecule has 2 aromatic rings. The van der Waals surface area contributed by atoms with Crippen molar-refractivity contribution >= 4 is 11.9 Å². The first-order valence-electron chi connectivity index (χ1n) is 9.81. The first-order valence-corrected chi connectivity index (χ1v) is 9.81. The van der Waals surface area contributed by atoms with Crippen LogP contribution in [0.5, 0.6) is 11.5 Å². The normalized spacial score (nSPS) is 17.4. The van der Waals surface area contributed by atoms with Gasteiger partial charge in [0, 0.05) is 19.6 Å². The van der Waals surface area contributed by atoms with E-state index in [1.165, 1.54) is 4.90 Å². The highest BCUT2D eigenvalue weighted by Gasteiger charge is 2.36. The Kier molecular flexibility index (Phi) is 5.29. The Morgan fingerprint density at radius 2 is 1.93 bits per heavy atom. The van der Waals surface area contributed by atoms with Crippen molar-refractivity contribution in [1.29, 1.82) is 0 Å². The van der Waals surface area contributed by atoms with Gasteiger partial charge in [-0.25, -0.2) is 4.79 Å². The van der Waals surface area contributed by atoms with Crippen molar-refractivity contribution in [3.63, 3.8) is 0 Å². The summed E-state index contributed by atoms with van der Waals surface area (Å²) in [7, 11) is 0. The minimum atomic E-state index is -0.542. The van der Waals surface area contributed by atoms with E-state index in [0.29, 0.717) is 37.6 Å². The maximum absolute atomic E-state index is 13.4. The van der Waals surface area contributed by atoms with Crippen LogP contribution in [0.2, 0.25) is 0 Å². The Labute approximate surface area is 170 Å². The Balaban J connectivity index is 1.61. The molecule has 0 radical (unpaired) electrons. The molecule has 2 heterocycles. The quantitative estimate of drug-likeness (QED) is 0.844. The summed E-state index contributed by atoms with van der Waals surface area (Å²) in [5.74, 6) is 1.31. The Morgan fingerprint density at radius 3 is 2.72 bits per heavy atom. The SMILES string of the molecule is Cc1ccccc1CN(Cc1ccc2c(c1)OCO2)C(=O)[C@@H]1CCCN1C(N)=O. The molecule has 0 bridgehead atoms. The minimum Gasteiger partial charge on any atom is -0.454 e. The molecular weight excluding hydrogens is 370 g/mol. The number of nitrogens with two attached hydrogens (primary N) is 1. The van der Waals surface area contributed by atoms with Gasteiger partial charge in [-0.05, 0) is 48.6 Å². The van der Waals surface area contributed by atoms with E-state index in [1.54, 1.807) is 4.90 Å². The molecule has 2 aromatic carbocycles. The summed E-state index contributed by atoms with van der Waals surface area (Å²) in [4.78, 5) is 28.5. The van der Waals surface area contributed by atoms with E-state index in [9.17, 15) is 9.59 Å². The third kappa shape index (κ3) is 3.99. The average Bonchev–Trinajstić information content (AvgIpc) is 3.37. The summed E-state index contributed by atoms with van der Waals surface area (Å²) < 4.78 is 10.8. The molecule has 2 aliphatic rings. The van der Waals surface area contributed by atoms with Crippen LogP contribution in [0.15, 0.2) is 42.5 Å². The molecule has 3 amide bonds. The summed E-state index contributed by atoms with van der Waals surface area (Å²) in [5.41, 5.74) is 8.64. The van der Waals surface area contributed by atoms with E-state index in [0.717, 1.165) is 23.1 Å². The molecule has 2 N–H and O–H groups in total. The summed E-state index contributed by atoms with van der Waals surface area (Å²) in [5, 5.41) is 0. The fourth-order valence-corrected chi connectivity index (χ4v) is 3.96. The fraction of sp³-hybridized carbons (Fsp3) is 0.364. The molecule has 4 rings (SSSR count). The molecule has 1 fully saturated rings. The number of ether oxygens (including phenoxy) is 2. The molecule has 1 saturated heterocycles. The van der Waals surface area contributed by atoms with Crippen LogP contribution < -0.4 is 15.2 Å². The fourth-order valence-electron chi connectivity index (χ4n) is 3.96. The highest BCUT2D eigenvalue weighted by molar-refractivity contribution is 5.87. The minimum absolute atomic E-state index is 0.0813. The maximum Gasteiger partial charge on any atom is 0.315 e. The number of likely N-dealkylation sites (tertiary alicyclic amines) is 1. The number of primary amides is 1. The molecule has 152 valence electrons. The van der Waals surface area contributed by atoms with Crippen LogP contribution in [0, 0.1) is 6.92 Å². The van der Waals surface area contributed by atoms with Crippen molar-refractivity contribution in [2.24, 2.45) is 5.73 Å². The molecular formula is C22H25N3O4. The van der Waals surface area contributed by atoms with Gasteiger partial charge < -0.3 is 25.0 Å². The van der Waals surface area contributed by atoms with Crippen LogP contribution in [-0.2, 0) is 17.9 Å². The lowest BCUT2D eigenvalue weighted by atomic mass is 10.1. The van der Waals surface area contributed by atoms with Gasteiger partial charge in [0.25, 0.3) is 0 Å². The van der Waals surface area contributed by atoms with Crippen LogP contribution in [0.1, 0.15) is 29.5 Å². The van der Waals surface area contributed by atoms with Crippen LogP contribution in [0.25, 0.3) is 0 Å². The molecule has 0 saturated carbocycles. The largest absolute Gasteiger partial charge is 0.454 e. The van der Waals surface area contributed by atoms with E-state index >= 15 is 0 Å². The molecule has 2 aliphatic heterocycles. The maximum atomic E-state index is 13.4. The number of amides is 3. The lowest BCUT2D eigenvalue weighted by Crippen LogP contribution is -2.49. The first kappa shape index (κ1) is 19.1. The number of benzene rings is 2. The Hall–Kier alpha value is -3.22. The molecule has 1 atom stereocenters. The smallest absolute Gasteiger partial charge is 0.315 e. The number of aryl methyl sites for hydroxylation is 1. The summed E-state index contributed by atoms with van der Waals surface area (Å²) >= 11 is 0. The van der Waals surface area contributed by atoms with Gasteiger partial charge >= 0.3 is 6.03 Å². The molecule has 0 unspecified atom stereocenters. The number of fused-ring (bicyclic) bond motifs is 1. The molecule has 29 heavy (non-hydrogen) atoms. The highest BCUT2D eigenvalue weighted by Crippen LogP contribution is 2.33. The van der Waals surface area contributed by atoms with Crippen LogP contribution in [-0.4, -0.2) is 41.1 Å². The number of hydrogen-bond acceptors (Lipinski definition) is 4. The third-order valence-corrected chi connectivity index (χ3v) is 5.57. The van der Waals surface area contributed by atoms with Crippen molar-refractivity contribution < 1.29 is 19.1 Å². The predicted octanol–water partition coefficient (Wildman–Crippen LogP) is 2.80. The van der Waals surface area contributed by atoms with Gasteiger partial charge in [0.1, 0.15) is 6.04 Å². The zero-order valence-corrected chi connectivity index (χ0v) is 16.5. The number of hydrogen-bond donors (Lipinski definition) is 1. The van der Waals surface area contributed by atoms with Gasteiger partial charge in [-0.15, -0.1) is 0 Å². The van der Waals surface area contributed by atoms with Gasteiger partial charge in [0.15, 0.2) is 11.5 Å². The molecule has 7 nitrogen and oxygen atoms in total. The first-order chi connectivity index (χ1) is 14.0. The molecule has 0 aromatic heterocycles. The number of carbonyl (C=O) groups is 2. The summed E-state index contributed by atoms with van der Waals surface area (Å²) in [6.45, 7) is 3.63. The Bertz CT molecular complexity index is 930. The topological polar surface area (TPSA) is 85.1 Å². The molecule has 0 spiro atoms. The zero-order valence-electron chi connectivity index (χ0n) is 16.5. The van der Waals surface area contributed by atoms with Gasteiger partial charge in [0.2, 0.25) is 12.7 Å². The predicted molar refractivity (Wildman–Crippen MR) is 107 cm³/mol. The van der Waals surface area contributed by atoms with Gasteiger partial charge in [-0.2, -0.15) is 0 Å².